The van der Waals surface area contributed by atoms with E-state index in [1.165, 1.54) is 5.56 Å². The summed E-state index contributed by atoms with van der Waals surface area (Å²) < 4.78 is 0. The summed E-state index contributed by atoms with van der Waals surface area (Å²) in [4.78, 5) is 5.26. The first-order valence-electron chi connectivity index (χ1n) is 6.74. The van der Waals surface area contributed by atoms with Gasteiger partial charge >= 0.3 is 0 Å². The minimum absolute atomic E-state index is 0.0625. The Kier molecular flexibility index (Phi) is 5.33. The quantitative estimate of drug-likeness (QED) is 0.646. The van der Waals surface area contributed by atoms with Crippen LogP contribution in [0.3, 0.4) is 0 Å². The largest absolute Gasteiger partial charge is 0.392 e. The van der Waals surface area contributed by atoms with E-state index in [0.29, 0.717) is 6.61 Å². The Bertz CT molecular complexity index is 544. The molecule has 2 rings (SSSR count). The lowest BCUT2D eigenvalue weighted by atomic mass is 10.1. The Hall–Kier alpha value is -2.13. The molecule has 0 aliphatic heterocycles. The van der Waals surface area contributed by atoms with Gasteiger partial charge in [0.1, 0.15) is 6.61 Å². The van der Waals surface area contributed by atoms with Gasteiger partial charge in [0.05, 0.1) is 12.8 Å². The summed E-state index contributed by atoms with van der Waals surface area (Å²) >= 11 is 0. The highest BCUT2D eigenvalue weighted by atomic mass is 16.6. The molecular weight excluding hydrogens is 250 g/mol. The summed E-state index contributed by atoms with van der Waals surface area (Å²) in [6, 6.07) is 15.9. The molecule has 0 amide bonds. The molecule has 0 atom stereocenters. The van der Waals surface area contributed by atoms with Gasteiger partial charge in [-0.3, -0.25) is 0 Å². The Labute approximate surface area is 119 Å². The van der Waals surface area contributed by atoms with Crippen LogP contribution >= 0.6 is 0 Å². The Morgan fingerprint density at radius 1 is 0.950 bits per heavy atom. The third-order valence-corrected chi connectivity index (χ3v) is 3.10. The minimum Gasteiger partial charge on any atom is -0.392 e. The molecule has 0 radical (unpaired) electrons. The summed E-state index contributed by atoms with van der Waals surface area (Å²) in [6.07, 6.45) is 2.75. The topological polar surface area (TPSA) is 41.8 Å². The molecule has 20 heavy (non-hydrogen) atoms. The lowest BCUT2D eigenvalue weighted by molar-refractivity contribution is 0.132. The molecular formula is C17H19NO2. The highest BCUT2D eigenvalue weighted by Gasteiger charge is 1.94. The van der Waals surface area contributed by atoms with Gasteiger partial charge in [-0.2, -0.15) is 0 Å². The van der Waals surface area contributed by atoms with E-state index in [2.05, 4.69) is 24.2 Å². The smallest absolute Gasteiger partial charge is 0.142 e. The third kappa shape index (κ3) is 4.21. The van der Waals surface area contributed by atoms with Crippen molar-refractivity contribution >= 4 is 6.21 Å². The van der Waals surface area contributed by atoms with Gasteiger partial charge in [0.25, 0.3) is 0 Å². The lowest BCUT2D eigenvalue weighted by Crippen LogP contribution is -1.90. The average Bonchev–Trinajstić information content (AvgIpc) is 2.53. The maximum Gasteiger partial charge on any atom is 0.142 e. The van der Waals surface area contributed by atoms with Crippen LogP contribution < -0.4 is 0 Å². The zero-order valence-corrected chi connectivity index (χ0v) is 11.6. The van der Waals surface area contributed by atoms with E-state index in [1.54, 1.807) is 6.21 Å². The van der Waals surface area contributed by atoms with Gasteiger partial charge in [-0.1, -0.05) is 60.6 Å². The Morgan fingerprint density at radius 2 is 1.55 bits per heavy atom. The molecule has 0 saturated carbocycles. The minimum atomic E-state index is 0.0625. The fraction of sp³-hybridized carbons (Fsp3) is 0.235. The van der Waals surface area contributed by atoms with E-state index in [0.717, 1.165) is 23.1 Å². The van der Waals surface area contributed by atoms with Crippen molar-refractivity contribution in [3.05, 3.63) is 70.8 Å². The fourth-order valence-electron chi connectivity index (χ4n) is 1.79. The number of rotatable bonds is 6. The van der Waals surface area contributed by atoms with E-state index >= 15 is 0 Å². The van der Waals surface area contributed by atoms with Crippen molar-refractivity contribution in [2.24, 2.45) is 5.16 Å². The lowest BCUT2D eigenvalue weighted by Gasteiger charge is -2.01. The van der Waals surface area contributed by atoms with Crippen molar-refractivity contribution in [2.45, 2.75) is 26.6 Å². The molecule has 0 bridgehead atoms. The number of aliphatic hydroxyl groups is 1. The summed E-state index contributed by atoms with van der Waals surface area (Å²) in [7, 11) is 0. The molecule has 0 saturated heterocycles. The highest BCUT2D eigenvalue weighted by molar-refractivity contribution is 5.79. The van der Waals surface area contributed by atoms with Gasteiger partial charge in [-0.15, -0.1) is 0 Å². The summed E-state index contributed by atoms with van der Waals surface area (Å²) in [5.74, 6) is 0. The second-order valence-corrected chi connectivity index (χ2v) is 4.58. The number of hydrogen-bond donors (Lipinski definition) is 1. The van der Waals surface area contributed by atoms with Crippen LogP contribution in [-0.4, -0.2) is 11.3 Å². The van der Waals surface area contributed by atoms with E-state index in [1.807, 2.05) is 36.4 Å². The number of oxime groups is 1. The van der Waals surface area contributed by atoms with Gasteiger partial charge < -0.3 is 9.94 Å². The number of aliphatic hydroxyl groups excluding tert-OH is 1. The van der Waals surface area contributed by atoms with Crippen LogP contribution in [0.1, 0.15) is 29.2 Å². The average molecular weight is 269 g/mol. The van der Waals surface area contributed by atoms with Crippen molar-refractivity contribution in [3.8, 4) is 0 Å². The monoisotopic (exact) mass is 269 g/mol. The van der Waals surface area contributed by atoms with E-state index in [4.69, 9.17) is 9.94 Å². The van der Waals surface area contributed by atoms with Crippen LogP contribution in [0.5, 0.6) is 0 Å². The second-order valence-electron chi connectivity index (χ2n) is 4.58. The van der Waals surface area contributed by atoms with Gasteiger partial charge in [0, 0.05) is 0 Å². The number of hydrogen-bond acceptors (Lipinski definition) is 3. The van der Waals surface area contributed by atoms with Crippen molar-refractivity contribution in [3.63, 3.8) is 0 Å². The van der Waals surface area contributed by atoms with E-state index in [9.17, 15) is 0 Å². The predicted molar refractivity (Wildman–Crippen MR) is 80.6 cm³/mol. The van der Waals surface area contributed by atoms with E-state index < -0.39 is 0 Å². The maximum atomic E-state index is 8.95. The normalized spacial score (nSPS) is 10.9. The van der Waals surface area contributed by atoms with Crippen LogP contribution in [0.4, 0.5) is 0 Å². The van der Waals surface area contributed by atoms with Crippen molar-refractivity contribution < 1.29 is 9.94 Å². The molecule has 3 nitrogen and oxygen atoms in total. The molecule has 1 N–H and O–H groups in total. The molecule has 2 aromatic rings. The standard InChI is InChI=1S/C17H19NO2/c1-2-14-3-5-15(6-4-14)11-18-20-13-17-9-7-16(12-19)8-10-17/h3-11,19H,2,12-13H2,1H3/b18-11+. The van der Waals surface area contributed by atoms with Crippen LogP contribution in [0, 0.1) is 0 Å². The molecule has 0 unspecified atom stereocenters. The van der Waals surface area contributed by atoms with Gasteiger partial charge in [0.15, 0.2) is 0 Å². The third-order valence-electron chi connectivity index (χ3n) is 3.10. The second kappa shape index (κ2) is 7.46. The molecule has 0 aliphatic carbocycles. The first-order chi connectivity index (χ1) is 9.81. The molecule has 0 heterocycles. The van der Waals surface area contributed by atoms with Crippen molar-refractivity contribution in [1.29, 1.82) is 0 Å². The molecule has 0 fully saturated rings. The first kappa shape index (κ1) is 14.3. The van der Waals surface area contributed by atoms with Crippen LogP contribution in [0.25, 0.3) is 0 Å². The predicted octanol–water partition coefficient (Wildman–Crippen LogP) is 3.29. The number of aryl methyl sites for hydroxylation is 1. The fourth-order valence-corrected chi connectivity index (χ4v) is 1.79. The summed E-state index contributed by atoms with van der Waals surface area (Å²) in [5.41, 5.74) is 4.26. The van der Waals surface area contributed by atoms with Crippen LogP contribution in [-0.2, 0) is 24.5 Å². The molecule has 0 spiro atoms. The van der Waals surface area contributed by atoms with Crippen molar-refractivity contribution in [2.75, 3.05) is 0 Å². The van der Waals surface area contributed by atoms with Gasteiger partial charge in [0.2, 0.25) is 0 Å². The van der Waals surface area contributed by atoms with Crippen LogP contribution in [0.15, 0.2) is 53.7 Å². The summed E-state index contributed by atoms with van der Waals surface area (Å²) in [5, 5.41) is 12.9. The molecule has 0 aromatic heterocycles. The van der Waals surface area contributed by atoms with Crippen LogP contribution in [0.2, 0.25) is 0 Å². The zero-order chi connectivity index (χ0) is 14.2. The SMILES string of the molecule is CCc1ccc(/C=N/OCc2ccc(CO)cc2)cc1. The highest BCUT2D eigenvalue weighted by Crippen LogP contribution is 2.06. The van der Waals surface area contributed by atoms with Gasteiger partial charge in [-0.25, -0.2) is 0 Å². The van der Waals surface area contributed by atoms with E-state index in [-0.39, 0.29) is 6.61 Å². The Morgan fingerprint density at radius 3 is 2.15 bits per heavy atom. The number of benzene rings is 2. The van der Waals surface area contributed by atoms with Crippen molar-refractivity contribution in [1.82, 2.24) is 0 Å². The molecule has 2 aromatic carbocycles. The number of nitrogens with zero attached hydrogens (tertiary/aromatic N) is 1. The Balaban J connectivity index is 1.83. The zero-order valence-electron chi connectivity index (χ0n) is 11.6. The molecule has 104 valence electrons. The maximum absolute atomic E-state index is 8.95. The molecule has 3 heteroatoms. The van der Waals surface area contributed by atoms with Gasteiger partial charge in [-0.05, 0) is 28.7 Å². The first-order valence-corrected chi connectivity index (χ1v) is 6.74. The molecule has 0 aliphatic rings. The summed E-state index contributed by atoms with van der Waals surface area (Å²) in [6.45, 7) is 2.62.